The van der Waals surface area contributed by atoms with E-state index in [0.29, 0.717) is 12.8 Å². The molecule has 2 saturated heterocycles. The minimum Gasteiger partial charge on any atom is -0.385 e. The van der Waals surface area contributed by atoms with Gasteiger partial charge in [-0.05, 0) is 62.2 Å². The number of hydrogen-bond donors (Lipinski definition) is 3. The Bertz CT molecular complexity index is 733. The molecule has 2 unspecified atom stereocenters. The molecule has 1 spiro atoms. The van der Waals surface area contributed by atoms with Gasteiger partial charge in [0.15, 0.2) is 0 Å². The van der Waals surface area contributed by atoms with Gasteiger partial charge in [-0.2, -0.15) is 0 Å². The van der Waals surface area contributed by atoms with Gasteiger partial charge in [0.1, 0.15) is 5.54 Å². The minimum absolute atomic E-state index is 0.0572. The molecule has 0 saturated carbocycles. The van der Waals surface area contributed by atoms with Crippen molar-refractivity contribution < 1.29 is 9.59 Å². The van der Waals surface area contributed by atoms with Crippen LogP contribution in [-0.2, 0) is 4.79 Å². The van der Waals surface area contributed by atoms with Crippen LogP contribution in [0.25, 0.3) is 0 Å². The molecule has 5 nitrogen and oxygen atoms in total. The highest BCUT2D eigenvalue weighted by Crippen LogP contribution is 2.59. The van der Waals surface area contributed by atoms with Crippen LogP contribution in [0.1, 0.15) is 44.9 Å². The van der Waals surface area contributed by atoms with Crippen molar-refractivity contribution in [2.24, 2.45) is 5.41 Å². The molecule has 2 fully saturated rings. The lowest BCUT2D eigenvalue weighted by Gasteiger charge is -2.53. The van der Waals surface area contributed by atoms with Gasteiger partial charge in [0.05, 0.1) is 0 Å². The van der Waals surface area contributed by atoms with Gasteiger partial charge < -0.3 is 10.6 Å². The smallest absolute Gasteiger partial charge is 0.322 e. The van der Waals surface area contributed by atoms with E-state index in [-0.39, 0.29) is 17.4 Å². The molecule has 0 aromatic rings. The fraction of sp³-hybridized carbons (Fsp3) is 0.556. The maximum Gasteiger partial charge on any atom is 0.322 e. The average Bonchev–Trinajstić information content (AvgIpc) is 2.80. The second kappa shape index (κ2) is 4.28. The van der Waals surface area contributed by atoms with Gasteiger partial charge in [-0.3, -0.25) is 10.1 Å². The van der Waals surface area contributed by atoms with E-state index in [1.54, 1.807) is 0 Å². The molecular formula is C18H21N3O2. The summed E-state index contributed by atoms with van der Waals surface area (Å²) in [5.74, 6) is -0.153. The summed E-state index contributed by atoms with van der Waals surface area (Å²) in [6.07, 6.45) is 11.6. The highest BCUT2D eigenvalue weighted by molar-refractivity contribution is 6.07. The standard InChI is InChI=1S/C18H21N3O2/c22-15-18(21-16(23)20-15)6-5-13-14-9-11-3-1-2-4-12(11)17(13,10-18)7-8-19-14/h5,9,19H,1-4,6-8,10H2,(H2,20,21,22,23). The summed E-state index contributed by atoms with van der Waals surface area (Å²) in [6, 6.07) is -0.346. The SMILES string of the molecule is O=C1NC(=O)C2(CC=C3C4=CC5=C(CCCC5)C3(CCN4)C2)N1. The predicted octanol–water partition coefficient (Wildman–Crippen LogP) is 2.03. The summed E-state index contributed by atoms with van der Waals surface area (Å²) in [5.41, 5.74) is 4.81. The third-order valence-electron chi connectivity index (χ3n) is 6.35. The molecule has 3 aliphatic carbocycles. The number of piperidine rings is 1. The lowest BCUT2D eigenvalue weighted by Crippen LogP contribution is -2.56. The normalized spacial score (nSPS) is 38.1. The van der Waals surface area contributed by atoms with Gasteiger partial charge in [0.25, 0.3) is 5.91 Å². The van der Waals surface area contributed by atoms with Crippen LogP contribution in [0.5, 0.6) is 0 Å². The van der Waals surface area contributed by atoms with E-state index in [0.717, 1.165) is 25.8 Å². The molecule has 3 amide bonds. The number of carbonyl (C=O) groups is 2. The first-order chi connectivity index (χ1) is 11.1. The van der Waals surface area contributed by atoms with E-state index < -0.39 is 5.54 Å². The summed E-state index contributed by atoms with van der Waals surface area (Å²) in [4.78, 5) is 24.2. The van der Waals surface area contributed by atoms with Crippen LogP contribution < -0.4 is 16.0 Å². The molecule has 5 rings (SSSR count). The Morgan fingerprint density at radius 1 is 1.13 bits per heavy atom. The van der Waals surface area contributed by atoms with Crippen molar-refractivity contribution in [3.8, 4) is 0 Å². The van der Waals surface area contributed by atoms with Crippen LogP contribution in [0.3, 0.4) is 0 Å². The Hall–Kier alpha value is -2.04. The Labute approximate surface area is 135 Å². The lowest BCUT2D eigenvalue weighted by molar-refractivity contribution is -0.125. The number of allylic oxidation sites excluding steroid dienone is 4. The number of urea groups is 1. The van der Waals surface area contributed by atoms with E-state index in [4.69, 9.17) is 0 Å². The predicted molar refractivity (Wildman–Crippen MR) is 85.4 cm³/mol. The molecule has 2 aliphatic heterocycles. The van der Waals surface area contributed by atoms with Gasteiger partial charge in [-0.15, -0.1) is 0 Å². The molecule has 2 heterocycles. The van der Waals surface area contributed by atoms with Crippen LogP contribution in [-0.4, -0.2) is 24.0 Å². The summed E-state index contributed by atoms with van der Waals surface area (Å²) >= 11 is 0. The molecular weight excluding hydrogens is 290 g/mol. The lowest BCUT2D eigenvalue weighted by atomic mass is 9.54. The largest absolute Gasteiger partial charge is 0.385 e. The van der Waals surface area contributed by atoms with Crippen LogP contribution in [0.15, 0.2) is 34.6 Å². The summed E-state index contributed by atoms with van der Waals surface area (Å²) in [7, 11) is 0. The summed E-state index contributed by atoms with van der Waals surface area (Å²) in [5, 5.41) is 8.94. The summed E-state index contributed by atoms with van der Waals surface area (Å²) in [6.45, 7) is 0.936. The maximum atomic E-state index is 12.5. The molecule has 3 N–H and O–H groups in total. The quantitative estimate of drug-likeness (QED) is 0.600. The molecule has 120 valence electrons. The minimum atomic E-state index is -0.754. The zero-order chi connectivity index (χ0) is 15.7. The van der Waals surface area contributed by atoms with Gasteiger partial charge in [-0.25, -0.2) is 4.79 Å². The average molecular weight is 311 g/mol. The molecule has 2 atom stereocenters. The first-order valence-corrected chi connectivity index (χ1v) is 8.66. The Morgan fingerprint density at radius 2 is 2.00 bits per heavy atom. The van der Waals surface area contributed by atoms with Crippen molar-refractivity contribution in [3.05, 3.63) is 34.6 Å². The number of hydrogen-bond acceptors (Lipinski definition) is 3. The van der Waals surface area contributed by atoms with E-state index in [9.17, 15) is 9.59 Å². The third kappa shape index (κ3) is 1.62. The molecule has 5 heteroatoms. The molecule has 0 radical (unpaired) electrons. The first-order valence-electron chi connectivity index (χ1n) is 8.66. The topological polar surface area (TPSA) is 70.2 Å². The van der Waals surface area contributed by atoms with Crippen LogP contribution in [0.2, 0.25) is 0 Å². The van der Waals surface area contributed by atoms with Crippen molar-refractivity contribution in [1.29, 1.82) is 0 Å². The van der Waals surface area contributed by atoms with Gasteiger partial charge in [0, 0.05) is 17.7 Å². The van der Waals surface area contributed by atoms with Gasteiger partial charge in [0.2, 0.25) is 0 Å². The zero-order valence-electron chi connectivity index (χ0n) is 13.1. The number of imide groups is 1. The van der Waals surface area contributed by atoms with Crippen molar-refractivity contribution >= 4 is 11.9 Å². The molecule has 0 aromatic heterocycles. The fourth-order valence-corrected chi connectivity index (χ4v) is 5.40. The molecule has 23 heavy (non-hydrogen) atoms. The van der Waals surface area contributed by atoms with E-state index in [1.165, 1.54) is 35.3 Å². The van der Waals surface area contributed by atoms with Crippen molar-refractivity contribution in [3.63, 3.8) is 0 Å². The second-order valence-electron chi connectivity index (χ2n) is 7.52. The van der Waals surface area contributed by atoms with Crippen LogP contribution >= 0.6 is 0 Å². The number of nitrogens with one attached hydrogen (secondary N) is 3. The highest BCUT2D eigenvalue weighted by atomic mass is 16.2. The van der Waals surface area contributed by atoms with E-state index in [1.807, 2.05) is 0 Å². The first kappa shape index (κ1) is 13.4. The monoisotopic (exact) mass is 311 g/mol. The molecule has 2 bridgehead atoms. The van der Waals surface area contributed by atoms with E-state index in [2.05, 4.69) is 28.1 Å². The Balaban J connectivity index is 1.68. The van der Waals surface area contributed by atoms with Crippen LogP contribution in [0, 0.1) is 5.41 Å². The third-order valence-corrected chi connectivity index (χ3v) is 6.35. The number of rotatable bonds is 0. The van der Waals surface area contributed by atoms with Gasteiger partial charge in [-0.1, -0.05) is 11.6 Å². The maximum absolute atomic E-state index is 12.5. The fourth-order valence-electron chi connectivity index (χ4n) is 5.40. The van der Waals surface area contributed by atoms with Crippen molar-refractivity contribution in [2.45, 2.75) is 50.5 Å². The van der Waals surface area contributed by atoms with Crippen LogP contribution in [0.4, 0.5) is 4.79 Å². The zero-order valence-corrected chi connectivity index (χ0v) is 13.1. The van der Waals surface area contributed by atoms with Gasteiger partial charge >= 0.3 is 6.03 Å². The molecule has 5 aliphatic rings. The Kier molecular flexibility index (Phi) is 2.49. The Morgan fingerprint density at radius 3 is 2.83 bits per heavy atom. The van der Waals surface area contributed by atoms with E-state index >= 15 is 0 Å². The highest BCUT2D eigenvalue weighted by Gasteiger charge is 2.57. The number of amides is 3. The van der Waals surface area contributed by atoms with Crippen molar-refractivity contribution in [1.82, 2.24) is 16.0 Å². The number of carbonyl (C=O) groups excluding carboxylic acids is 2. The molecule has 0 aromatic carbocycles. The summed E-state index contributed by atoms with van der Waals surface area (Å²) < 4.78 is 0. The second-order valence-corrected chi connectivity index (χ2v) is 7.52. The van der Waals surface area contributed by atoms with Crippen molar-refractivity contribution in [2.75, 3.05) is 6.54 Å².